The minimum Gasteiger partial charge on any atom is -0.340 e. The Bertz CT molecular complexity index is 1710. The van der Waals surface area contributed by atoms with E-state index in [2.05, 4.69) is 45.9 Å². The first-order chi connectivity index (χ1) is 18.6. The van der Waals surface area contributed by atoms with Crippen LogP contribution in [0.1, 0.15) is 26.3 Å². The number of rotatable bonds is 7. The Morgan fingerprint density at radius 2 is 1.59 bits per heavy atom. The van der Waals surface area contributed by atoms with Crippen molar-refractivity contribution < 1.29 is 12.9 Å². The number of halogens is 1. The van der Waals surface area contributed by atoms with Gasteiger partial charge in [-0.2, -0.15) is 4.98 Å². The van der Waals surface area contributed by atoms with E-state index in [4.69, 9.17) is 16.1 Å². The third-order valence-corrected chi connectivity index (χ3v) is 7.59. The van der Waals surface area contributed by atoms with E-state index in [1.165, 1.54) is 0 Å². The second-order valence-corrected chi connectivity index (χ2v) is 12.1. The summed E-state index contributed by atoms with van der Waals surface area (Å²) in [6.07, 6.45) is 1.65. The number of hydrogen-bond acceptors (Lipinski definition) is 7. The zero-order valence-corrected chi connectivity index (χ0v) is 23.1. The van der Waals surface area contributed by atoms with Crippen LogP contribution in [0.25, 0.3) is 22.8 Å². The lowest BCUT2D eigenvalue weighted by molar-refractivity contribution is 0.432. The van der Waals surface area contributed by atoms with Crippen LogP contribution in [0.3, 0.4) is 0 Å². The van der Waals surface area contributed by atoms with Gasteiger partial charge in [-0.05, 0) is 77.7 Å². The van der Waals surface area contributed by atoms with Gasteiger partial charge in [0.25, 0.3) is 15.9 Å². The predicted octanol–water partition coefficient (Wildman–Crippen LogP) is 7.29. The topological polar surface area (TPSA) is 110 Å². The van der Waals surface area contributed by atoms with Gasteiger partial charge < -0.3 is 9.84 Å². The lowest BCUT2D eigenvalue weighted by Gasteiger charge is -2.19. The smallest absolute Gasteiger partial charge is 0.261 e. The number of pyridine rings is 1. The Kier molecular flexibility index (Phi) is 7.12. The number of nitrogens with zero attached hydrogens (tertiary/aromatic N) is 3. The molecule has 5 rings (SSSR count). The van der Waals surface area contributed by atoms with E-state index >= 15 is 0 Å². The Balaban J connectivity index is 1.29. The standard InChI is InChI=1S/C29H26ClN5O3S/c1-29(2,3)21-9-13-25(14-10-21)39(36,37)35-23-11-7-19(8-12-23)28-33-27(34-38-28)20-15-16-31-26(17-20)32-24-6-4-5-22(30)18-24/h4-18,35H,1-3H3,(H,31,32). The van der Waals surface area contributed by atoms with Crippen LogP contribution in [0.2, 0.25) is 5.02 Å². The van der Waals surface area contributed by atoms with Gasteiger partial charge in [0, 0.05) is 33.7 Å². The molecule has 5 aromatic rings. The fourth-order valence-corrected chi connectivity index (χ4v) is 5.09. The van der Waals surface area contributed by atoms with Crippen LogP contribution in [-0.2, 0) is 15.4 Å². The van der Waals surface area contributed by atoms with Crippen LogP contribution in [0.4, 0.5) is 17.2 Å². The molecule has 0 unspecified atom stereocenters. The molecule has 0 bridgehead atoms. The van der Waals surface area contributed by atoms with Crippen molar-refractivity contribution in [3.05, 3.63) is 102 Å². The van der Waals surface area contributed by atoms with E-state index in [1.54, 1.807) is 66.9 Å². The van der Waals surface area contributed by atoms with E-state index in [1.807, 2.05) is 24.3 Å². The molecule has 0 atom stereocenters. The van der Waals surface area contributed by atoms with Crippen molar-refractivity contribution in [3.8, 4) is 22.8 Å². The molecular formula is C29H26ClN5O3S. The summed E-state index contributed by atoms with van der Waals surface area (Å²) in [6.45, 7) is 6.24. The van der Waals surface area contributed by atoms with Gasteiger partial charge in [0.05, 0.1) is 4.90 Å². The maximum absolute atomic E-state index is 12.9. The number of sulfonamides is 1. The van der Waals surface area contributed by atoms with Crippen molar-refractivity contribution in [1.29, 1.82) is 0 Å². The third kappa shape index (κ3) is 6.27. The summed E-state index contributed by atoms with van der Waals surface area (Å²) < 4.78 is 33.8. The highest BCUT2D eigenvalue weighted by Crippen LogP contribution is 2.27. The van der Waals surface area contributed by atoms with Crippen molar-refractivity contribution in [2.24, 2.45) is 0 Å². The van der Waals surface area contributed by atoms with E-state index < -0.39 is 10.0 Å². The molecule has 0 fully saturated rings. The quantitative estimate of drug-likeness (QED) is 0.215. The molecule has 0 saturated carbocycles. The minimum atomic E-state index is -3.73. The molecule has 0 saturated heterocycles. The number of benzene rings is 3. The van der Waals surface area contributed by atoms with Crippen molar-refractivity contribution in [2.45, 2.75) is 31.1 Å². The van der Waals surface area contributed by atoms with E-state index in [-0.39, 0.29) is 10.3 Å². The van der Waals surface area contributed by atoms with Crippen LogP contribution in [0, 0.1) is 0 Å². The van der Waals surface area contributed by atoms with Gasteiger partial charge in [0.2, 0.25) is 5.82 Å². The van der Waals surface area contributed by atoms with Crippen molar-refractivity contribution in [2.75, 3.05) is 10.0 Å². The average molecular weight is 560 g/mol. The van der Waals surface area contributed by atoms with Crippen molar-refractivity contribution >= 4 is 38.8 Å². The predicted molar refractivity (Wildman–Crippen MR) is 154 cm³/mol. The molecule has 0 aliphatic rings. The number of hydrogen-bond donors (Lipinski definition) is 2. The van der Waals surface area contributed by atoms with Gasteiger partial charge in [-0.1, -0.05) is 55.7 Å². The molecule has 0 spiro atoms. The highest BCUT2D eigenvalue weighted by molar-refractivity contribution is 7.92. The molecule has 2 aromatic heterocycles. The normalized spacial score (nSPS) is 11.8. The highest BCUT2D eigenvalue weighted by Gasteiger charge is 2.18. The summed E-state index contributed by atoms with van der Waals surface area (Å²) >= 11 is 6.06. The molecule has 2 N–H and O–H groups in total. The Morgan fingerprint density at radius 3 is 2.28 bits per heavy atom. The van der Waals surface area contributed by atoms with E-state index in [9.17, 15) is 8.42 Å². The summed E-state index contributed by atoms with van der Waals surface area (Å²) in [7, 11) is -3.73. The lowest BCUT2D eigenvalue weighted by Crippen LogP contribution is -2.14. The van der Waals surface area contributed by atoms with Crippen LogP contribution in [0.5, 0.6) is 0 Å². The zero-order valence-electron chi connectivity index (χ0n) is 21.5. The third-order valence-electron chi connectivity index (χ3n) is 5.96. The molecular weight excluding hydrogens is 534 g/mol. The lowest BCUT2D eigenvalue weighted by atomic mass is 9.87. The molecule has 39 heavy (non-hydrogen) atoms. The summed E-state index contributed by atoms with van der Waals surface area (Å²) in [5.74, 6) is 1.30. The summed E-state index contributed by atoms with van der Waals surface area (Å²) in [6, 6.07) is 24.6. The molecule has 198 valence electrons. The highest BCUT2D eigenvalue weighted by atomic mass is 35.5. The molecule has 3 aromatic carbocycles. The first kappa shape index (κ1) is 26.4. The maximum Gasteiger partial charge on any atom is 0.261 e. The summed E-state index contributed by atoms with van der Waals surface area (Å²) in [4.78, 5) is 9.03. The van der Waals surface area contributed by atoms with Gasteiger partial charge in [-0.3, -0.25) is 4.72 Å². The second-order valence-electron chi connectivity index (χ2n) is 9.95. The fraction of sp³-hybridized carbons (Fsp3) is 0.138. The van der Waals surface area contributed by atoms with E-state index in [0.717, 1.165) is 11.3 Å². The molecule has 2 heterocycles. The average Bonchev–Trinajstić information content (AvgIpc) is 3.39. The number of aromatic nitrogens is 3. The van der Waals surface area contributed by atoms with Gasteiger partial charge >= 0.3 is 0 Å². The number of anilines is 3. The zero-order chi connectivity index (χ0) is 27.6. The van der Waals surface area contributed by atoms with Crippen LogP contribution < -0.4 is 10.0 Å². The molecule has 0 radical (unpaired) electrons. The SMILES string of the molecule is CC(C)(C)c1ccc(S(=O)(=O)Nc2ccc(-c3nc(-c4ccnc(Nc5cccc(Cl)c5)c4)no3)cc2)cc1. The molecule has 0 aliphatic heterocycles. The molecule has 8 nitrogen and oxygen atoms in total. The van der Waals surface area contributed by atoms with Crippen molar-refractivity contribution in [1.82, 2.24) is 15.1 Å². The molecule has 10 heteroatoms. The van der Waals surface area contributed by atoms with Crippen LogP contribution >= 0.6 is 11.6 Å². The van der Waals surface area contributed by atoms with Crippen LogP contribution in [0.15, 0.2) is 101 Å². The Hall–Kier alpha value is -4.21. The van der Waals surface area contributed by atoms with Crippen LogP contribution in [-0.4, -0.2) is 23.5 Å². The maximum atomic E-state index is 12.9. The van der Waals surface area contributed by atoms with Gasteiger partial charge in [0.1, 0.15) is 5.82 Å². The van der Waals surface area contributed by atoms with Gasteiger partial charge in [0.15, 0.2) is 0 Å². The van der Waals surface area contributed by atoms with Crippen molar-refractivity contribution in [3.63, 3.8) is 0 Å². The Morgan fingerprint density at radius 1 is 0.846 bits per heavy atom. The summed E-state index contributed by atoms with van der Waals surface area (Å²) in [5.41, 5.74) is 3.59. The Labute approximate surface area is 232 Å². The second kappa shape index (κ2) is 10.5. The fourth-order valence-electron chi connectivity index (χ4n) is 3.84. The van der Waals surface area contributed by atoms with Gasteiger partial charge in [-0.15, -0.1) is 0 Å². The molecule has 0 amide bonds. The number of nitrogens with one attached hydrogen (secondary N) is 2. The monoisotopic (exact) mass is 559 g/mol. The first-order valence-electron chi connectivity index (χ1n) is 12.1. The van der Waals surface area contributed by atoms with E-state index in [0.29, 0.717) is 39.4 Å². The minimum absolute atomic E-state index is 0.0618. The largest absolute Gasteiger partial charge is 0.340 e. The first-order valence-corrected chi connectivity index (χ1v) is 14.0. The summed E-state index contributed by atoms with van der Waals surface area (Å²) in [5, 5.41) is 7.92. The molecule has 0 aliphatic carbocycles. The van der Waals surface area contributed by atoms with Gasteiger partial charge in [-0.25, -0.2) is 13.4 Å².